The molecule has 1 saturated carbocycles. The summed E-state index contributed by atoms with van der Waals surface area (Å²) in [6, 6.07) is 17.6. The molecule has 0 spiro atoms. The summed E-state index contributed by atoms with van der Waals surface area (Å²) in [4.78, 5) is 31.7. The molecule has 1 fully saturated rings. The van der Waals surface area contributed by atoms with E-state index in [0.29, 0.717) is 29.2 Å². The first kappa shape index (κ1) is 24.8. The van der Waals surface area contributed by atoms with Crippen LogP contribution in [0.15, 0.2) is 66.9 Å². The number of carbonyl (C=O) groups excluding carboxylic acids is 2. The van der Waals surface area contributed by atoms with Crippen LogP contribution in [0, 0.1) is 5.92 Å². The van der Waals surface area contributed by atoms with Crippen molar-refractivity contribution in [2.75, 3.05) is 20.8 Å². The number of ether oxygens (including phenoxy) is 4. The summed E-state index contributed by atoms with van der Waals surface area (Å²) in [5.41, 5.74) is -2.78. The number of fused-ring (bicyclic) bond motifs is 3. The number of hydrogen-bond acceptors (Lipinski definition) is 8. The van der Waals surface area contributed by atoms with Crippen molar-refractivity contribution in [1.29, 1.82) is 0 Å². The smallest absolute Gasteiger partial charge is 0.317 e. The van der Waals surface area contributed by atoms with Gasteiger partial charge in [0.25, 0.3) is 0 Å². The standard InChI is InChI=1S/C29H29NO7/c1-4-5-15-36-21-16-22-25(30-17-21)28(33)26(31)23(27(32)35-3)24(18-9-7-6-8-10-18)29(28,37-22)19-11-13-20(34-2)14-12-19/h6-14,16-17,23-24,33H,4-5,15H2,1-3H3/t23-,24-,28+,29+/m1/s1. The molecule has 0 radical (unpaired) electrons. The molecule has 3 aromatic rings. The van der Waals surface area contributed by atoms with E-state index in [9.17, 15) is 14.7 Å². The van der Waals surface area contributed by atoms with E-state index >= 15 is 0 Å². The number of ketones is 1. The number of esters is 1. The van der Waals surface area contributed by atoms with Crippen LogP contribution in [0.2, 0.25) is 0 Å². The van der Waals surface area contributed by atoms with Crippen LogP contribution < -0.4 is 14.2 Å². The monoisotopic (exact) mass is 503 g/mol. The summed E-state index contributed by atoms with van der Waals surface area (Å²) in [5, 5.41) is 12.4. The second-order valence-electron chi connectivity index (χ2n) is 9.25. The third-order valence-electron chi connectivity index (χ3n) is 7.29. The quantitative estimate of drug-likeness (QED) is 0.280. The number of aliphatic hydroxyl groups is 1. The Labute approximate surface area is 215 Å². The van der Waals surface area contributed by atoms with Crippen LogP contribution in [0.1, 0.15) is 42.5 Å². The summed E-state index contributed by atoms with van der Waals surface area (Å²) < 4.78 is 22.8. The Balaban J connectivity index is 1.76. The number of rotatable bonds is 8. The van der Waals surface area contributed by atoms with Gasteiger partial charge in [0.2, 0.25) is 5.60 Å². The highest BCUT2D eigenvalue weighted by molar-refractivity contribution is 6.09. The number of benzene rings is 2. The second kappa shape index (κ2) is 9.52. The van der Waals surface area contributed by atoms with Gasteiger partial charge >= 0.3 is 5.97 Å². The van der Waals surface area contributed by atoms with Crippen molar-refractivity contribution in [1.82, 2.24) is 4.98 Å². The molecule has 5 rings (SSSR count). The average Bonchev–Trinajstić information content (AvgIpc) is 3.31. The molecule has 2 heterocycles. The Bertz CT molecular complexity index is 1310. The maximum absolute atomic E-state index is 14.1. The SMILES string of the molecule is CCCCOc1cnc2c(c1)O[C@@]1(c3ccc(OC)cc3)[C@H](c3ccccc3)[C@@H](C(=O)OC)C(=O)[C@@]21O. The molecule has 37 heavy (non-hydrogen) atoms. The summed E-state index contributed by atoms with van der Waals surface area (Å²) in [7, 11) is 2.78. The maximum atomic E-state index is 14.1. The Morgan fingerprint density at radius 2 is 1.81 bits per heavy atom. The zero-order valence-electron chi connectivity index (χ0n) is 21.0. The number of carbonyl (C=O) groups is 2. The number of Topliss-reactive ketones (excluding diaryl/α,β-unsaturated/α-hetero) is 1. The fraction of sp³-hybridized carbons (Fsp3) is 0.345. The molecule has 2 aliphatic rings. The second-order valence-corrected chi connectivity index (χ2v) is 9.25. The zero-order valence-corrected chi connectivity index (χ0v) is 21.0. The van der Waals surface area contributed by atoms with Crippen molar-refractivity contribution in [3.63, 3.8) is 0 Å². The van der Waals surface area contributed by atoms with Gasteiger partial charge in [0.05, 0.1) is 32.9 Å². The van der Waals surface area contributed by atoms with Gasteiger partial charge in [0, 0.05) is 11.6 Å². The Kier molecular flexibility index (Phi) is 6.37. The van der Waals surface area contributed by atoms with Gasteiger partial charge in [-0.15, -0.1) is 0 Å². The molecule has 0 amide bonds. The topological polar surface area (TPSA) is 104 Å². The van der Waals surface area contributed by atoms with Gasteiger partial charge in [-0.1, -0.05) is 55.8 Å². The van der Waals surface area contributed by atoms with Gasteiger partial charge < -0.3 is 24.1 Å². The van der Waals surface area contributed by atoms with Crippen LogP contribution in [0.3, 0.4) is 0 Å². The van der Waals surface area contributed by atoms with Gasteiger partial charge in [0.15, 0.2) is 11.4 Å². The number of pyridine rings is 1. The van der Waals surface area contributed by atoms with Gasteiger partial charge in [0.1, 0.15) is 28.9 Å². The zero-order chi connectivity index (χ0) is 26.2. The summed E-state index contributed by atoms with van der Waals surface area (Å²) in [6.45, 7) is 2.57. The van der Waals surface area contributed by atoms with Crippen LogP contribution in [-0.4, -0.2) is 42.7 Å². The van der Waals surface area contributed by atoms with Gasteiger partial charge in [-0.05, 0) is 24.1 Å². The minimum atomic E-state index is -2.27. The van der Waals surface area contributed by atoms with Crippen molar-refractivity contribution in [3.8, 4) is 17.2 Å². The van der Waals surface area contributed by atoms with Crippen molar-refractivity contribution in [3.05, 3.63) is 83.7 Å². The number of aromatic nitrogens is 1. The molecule has 192 valence electrons. The van der Waals surface area contributed by atoms with Crippen LogP contribution in [0.25, 0.3) is 0 Å². The largest absolute Gasteiger partial charge is 0.497 e. The fourth-order valence-electron chi connectivity index (χ4n) is 5.56. The highest BCUT2D eigenvalue weighted by Gasteiger charge is 2.78. The summed E-state index contributed by atoms with van der Waals surface area (Å²) in [6.07, 6.45) is 3.31. The summed E-state index contributed by atoms with van der Waals surface area (Å²) in [5.74, 6) is -2.43. The van der Waals surface area contributed by atoms with Crippen molar-refractivity contribution >= 4 is 11.8 Å². The number of unbranched alkanes of at least 4 members (excludes halogenated alkanes) is 1. The highest BCUT2D eigenvalue weighted by Crippen LogP contribution is 2.66. The molecule has 8 nitrogen and oxygen atoms in total. The Morgan fingerprint density at radius 1 is 1.08 bits per heavy atom. The predicted octanol–water partition coefficient (Wildman–Crippen LogP) is 3.90. The van der Waals surface area contributed by atoms with E-state index in [1.54, 1.807) is 37.4 Å². The highest BCUT2D eigenvalue weighted by atomic mass is 16.5. The first-order valence-corrected chi connectivity index (χ1v) is 12.3. The molecule has 1 aromatic heterocycles. The lowest BCUT2D eigenvalue weighted by molar-refractivity contribution is -0.155. The lowest BCUT2D eigenvalue weighted by Crippen LogP contribution is -2.51. The molecule has 1 aliphatic carbocycles. The van der Waals surface area contributed by atoms with Gasteiger partial charge in [-0.3, -0.25) is 9.59 Å². The van der Waals surface area contributed by atoms with Crippen LogP contribution in [-0.2, 0) is 25.5 Å². The fourth-order valence-corrected chi connectivity index (χ4v) is 5.56. The van der Waals surface area contributed by atoms with Crippen molar-refractivity contribution in [2.45, 2.75) is 36.9 Å². The number of methoxy groups -OCH3 is 2. The van der Waals surface area contributed by atoms with E-state index in [-0.39, 0.29) is 11.4 Å². The maximum Gasteiger partial charge on any atom is 0.317 e. The molecule has 1 aliphatic heterocycles. The molecular weight excluding hydrogens is 474 g/mol. The van der Waals surface area contributed by atoms with Crippen molar-refractivity contribution in [2.24, 2.45) is 5.92 Å². The minimum absolute atomic E-state index is 0.0449. The van der Waals surface area contributed by atoms with Crippen LogP contribution in [0.5, 0.6) is 17.2 Å². The first-order valence-electron chi connectivity index (χ1n) is 12.3. The van der Waals surface area contributed by atoms with E-state index in [1.165, 1.54) is 13.3 Å². The Morgan fingerprint density at radius 3 is 2.46 bits per heavy atom. The lowest BCUT2D eigenvalue weighted by atomic mass is 9.71. The molecule has 0 unspecified atom stereocenters. The molecule has 0 saturated heterocycles. The normalized spacial score (nSPS) is 25.7. The van der Waals surface area contributed by atoms with E-state index in [2.05, 4.69) is 11.9 Å². The van der Waals surface area contributed by atoms with Crippen LogP contribution >= 0.6 is 0 Å². The third kappa shape index (κ3) is 3.58. The minimum Gasteiger partial charge on any atom is -0.497 e. The number of nitrogens with zero attached hydrogens (tertiary/aromatic N) is 1. The molecular formula is C29H29NO7. The lowest BCUT2D eigenvalue weighted by Gasteiger charge is -2.39. The molecule has 1 N–H and O–H groups in total. The summed E-state index contributed by atoms with van der Waals surface area (Å²) >= 11 is 0. The third-order valence-corrected chi connectivity index (χ3v) is 7.29. The molecule has 0 bridgehead atoms. The van der Waals surface area contributed by atoms with E-state index < -0.39 is 34.8 Å². The predicted molar refractivity (Wildman–Crippen MR) is 134 cm³/mol. The number of hydrogen-bond donors (Lipinski definition) is 1. The molecule has 2 aromatic carbocycles. The first-order chi connectivity index (χ1) is 17.9. The van der Waals surface area contributed by atoms with E-state index in [4.69, 9.17) is 18.9 Å². The van der Waals surface area contributed by atoms with E-state index in [0.717, 1.165) is 12.8 Å². The Hall–Kier alpha value is -3.91. The van der Waals surface area contributed by atoms with Gasteiger partial charge in [-0.2, -0.15) is 0 Å². The van der Waals surface area contributed by atoms with Crippen molar-refractivity contribution < 1.29 is 33.6 Å². The van der Waals surface area contributed by atoms with Gasteiger partial charge in [-0.25, -0.2) is 4.98 Å². The van der Waals surface area contributed by atoms with Crippen LogP contribution in [0.4, 0.5) is 0 Å². The van der Waals surface area contributed by atoms with E-state index in [1.807, 2.05) is 30.3 Å². The molecule has 8 heteroatoms. The molecule has 4 atom stereocenters. The average molecular weight is 504 g/mol.